The number of aliphatic hydroxyl groups is 1. The number of rotatable bonds is 2. The second-order valence-corrected chi connectivity index (χ2v) is 3.21. The van der Waals surface area contributed by atoms with Crippen LogP contribution in [-0.4, -0.2) is 17.4 Å². The third kappa shape index (κ3) is 2.87. The van der Waals surface area contributed by atoms with Gasteiger partial charge in [0.25, 0.3) is 0 Å². The first kappa shape index (κ1) is 13.8. The Balaban J connectivity index is 3.15. The first-order chi connectivity index (χ1) is 7.64. The Bertz CT molecular complexity index is 400. The van der Waals surface area contributed by atoms with E-state index in [1.54, 1.807) is 0 Å². The van der Waals surface area contributed by atoms with Crippen molar-refractivity contribution in [1.82, 2.24) is 0 Å². The van der Waals surface area contributed by atoms with Crippen LogP contribution in [0.25, 0.3) is 0 Å². The Labute approximate surface area is 90.5 Å². The molecule has 0 amide bonds. The lowest BCUT2D eigenvalue weighted by Gasteiger charge is -2.15. The van der Waals surface area contributed by atoms with Crippen molar-refractivity contribution in [2.24, 2.45) is 0 Å². The largest absolute Gasteiger partial charge is 0.414 e. The number of hydrogen-bond acceptors (Lipinski definition) is 1. The third-order valence-electron chi connectivity index (χ3n) is 1.98. The van der Waals surface area contributed by atoms with Crippen LogP contribution in [0.4, 0.5) is 30.7 Å². The average molecular weight is 262 g/mol. The minimum atomic E-state index is -5.14. The van der Waals surface area contributed by atoms with E-state index < -0.39 is 47.5 Å². The fourth-order valence-electron chi connectivity index (χ4n) is 1.11. The molecule has 17 heavy (non-hydrogen) atoms. The predicted octanol–water partition coefficient (Wildman–Crippen LogP) is 2.71. The Morgan fingerprint density at radius 1 is 1.00 bits per heavy atom. The quantitative estimate of drug-likeness (QED) is 0.641. The number of alkyl halides is 3. The molecule has 0 fully saturated rings. The number of hydrogen-bond donors (Lipinski definition) is 1. The molecule has 0 spiro atoms. The van der Waals surface area contributed by atoms with E-state index in [1.807, 2.05) is 0 Å². The first-order valence-electron chi connectivity index (χ1n) is 4.21. The Kier molecular flexibility index (Phi) is 3.65. The SMILES string of the molecule is OC(Cc1c(F)c(F)cc(F)c1F)C(F)(F)F. The Hall–Kier alpha value is -1.31. The van der Waals surface area contributed by atoms with E-state index in [9.17, 15) is 30.7 Å². The number of benzene rings is 1. The maximum atomic E-state index is 12.9. The molecule has 0 saturated carbocycles. The minimum Gasteiger partial charge on any atom is -0.383 e. The van der Waals surface area contributed by atoms with Crippen molar-refractivity contribution in [3.63, 3.8) is 0 Å². The summed E-state index contributed by atoms with van der Waals surface area (Å²) in [4.78, 5) is 0. The van der Waals surface area contributed by atoms with E-state index in [-0.39, 0.29) is 6.07 Å². The van der Waals surface area contributed by atoms with Crippen LogP contribution in [0.2, 0.25) is 0 Å². The highest BCUT2D eigenvalue weighted by Crippen LogP contribution is 2.26. The standard InChI is InChI=1S/C9H5F7O/c10-4-2-5(11)8(13)3(7(4)12)1-6(17)9(14,15)16/h2,6,17H,1H2. The lowest BCUT2D eigenvalue weighted by Crippen LogP contribution is -2.31. The molecular formula is C9H5F7O. The third-order valence-corrected chi connectivity index (χ3v) is 1.98. The van der Waals surface area contributed by atoms with Gasteiger partial charge in [0.2, 0.25) is 0 Å². The highest BCUT2D eigenvalue weighted by molar-refractivity contribution is 5.23. The van der Waals surface area contributed by atoms with Gasteiger partial charge in [-0.3, -0.25) is 0 Å². The minimum absolute atomic E-state index is 0.131. The van der Waals surface area contributed by atoms with Gasteiger partial charge in [-0.05, 0) is 0 Å². The molecule has 0 radical (unpaired) electrons. The van der Waals surface area contributed by atoms with Crippen molar-refractivity contribution in [1.29, 1.82) is 0 Å². The molecule has 0 aromatic heterocycles. The summed E-state index contributed by atoms with van der Waals surface area (Å²) in [5.74, 6) is -7.55. The highest BCUT2D eigenvalue weighted by Gasteiger charge is 2.39. The van der Waals surface area contributed by atoms with Gasteiger partial charge in [-0.25, -0.2) is 17.6 Å². The van der Waals surface area contributed by atoms with Gasteiger partial charge in [0.15, 0.2) is 29.4 Å². The monoisotopic (exact) mass is 262 g/mol. The molecule has 1 aromatic carbocycles. The van der Waals surface area contributed by atoms with Gasteiger partial charge < -0.3 is 5.11 Å². The molecule has 1 N–H and O–H groups in total. The summed E-state index contributed by atoms with van der Waals surface area (Å²) in [6.45, 7) is 0. The van der Waals surface area contributed by atoms with Gasteiger partial charge >= 0.3 is 6.18 Å². The fraction of sp³-hybridized carbons (Fsp3) is 0.333. The normalized spacial score (nSPS) is 13.9. The maximum absolute atomic E-state index is 12.9. The van der Waals surface area contributed by atoms with Crippen LogP contribution in [0.15, 0.2) is 6.07 Å². The van der Waals surface area contributed by atoms with Crippen LogP contribution in [0.3, 0.4) is 0 Å². The van der Waals surface area contributed by atoms with E-state index in [0.717, 1.165) is 0 Å². The van der Waals surface area contributed by atoms with Crippen molar-refractivity contribution in [3.05, 3.63) is 34.9 Å². The first-order valence-corrected chi connectivity index (χ1v) is 4.21. The molecule has 0 aliphatic heterocycles. The zero-order valence-corrected chi connectivity index (χ0v) is 7.95. The molecule has 1 nitrogen and oxygen atoms in total. The van der Waals surface area contributed by atoms with Gasteiger partial charge in [0, 0.05) is 18.1 Å². The molecule has 1 atom stereocenters. The molecular weight excluding hydrogens is 257 g/mol. The van der Waals surface area contributed by atoms with E-state index in [1.165, 1.54) is 0 Å². The van der Waals surface area contributed by atoms with Crippen LogP contribution in [0, 0.1) is 23.3 Å². The number of aliphatic hydroxyl groups excluding tert-OH is 1. The van der Waals surface area contributed by atoms with Crippen LogP contribution >= 0.6 is 0 Å². The number of halogens is 7. The summed E-state index contributed by atoms with van der Waals surface area (Å²) in [6.07, 6.45) is -9.84. The van der Waals surface area contributed by atoms with E-state index in [4.69, 9.17) is 5.11 Å². The summed E-state index contributed by atoms with van der Waals surface area (Å²) in [7, 11) is 0. The Morgan fingerprint density at radius 3 is 1.76 bits per heavy atom. The topological polar surface area (TPSA) is 20.2 Å². The second kappa shape index (κ2) is 4.52. The van der Waals surface area contributed by atoms with Crippen LogP contribution in [-0.2, 0) is 6.42 Å². The smallest absolute Gasteiger partial charge is 0.383 e. The zero-order valence-electron chi connectivity index (χ0n) is 7.95. The van der Waals surface area contributed by atoms with Crippen molar-refractivity contribution >= 4 is 0 Å². The molecule has 0 aliphatic carbocycles. The van der Waals surface area contributed by atoms with Gasteiger partial charge in [0.1, 0.15) is 0 Å². The van der Waals surface area contributed by atoms with Crippen LogP contribution in [0.5, 0.6) is 0 Å². The molecule has 0 heterocycles. The molecule has 1 aromatic rings. The lowest BCUT2D eigenvalue weighted by molar-refractivity contribution is -0.203. The van der Waals surface area contributed by atoms with E-state index in [0.29, 0.717) is 0 Å². The zero-order chi connectivity index (χ0) is 13.4. The summed E-state index contributed by atoms with van der Waals surface area (Å²) < 4.78 is 86.9. The molecule has 0 bridgehead atoms. The van der Waals surface area contributed by atoms with Gasteiger partial charge in [-0.15, -0.1) is 0 Å². The van der Waals surface area contributed by atoms with Crippen molar-refractivity contribution < 1.29 is 35.8 Å². The van der Waals surface area contributed by atoms with Crippen LogP contribution in [0.1, 0.15) is 5.56 Å². The average Bonchev–Trinajstić information content (AvgIpc) is 2.20. The van der Waals surface area contributed by atoms with Crippen molar-refractivity contribution in [2.75, 3.05) is 0 Å². The fourth-order valence-corrected chi connectivity index (χ4v) is 1.11. The lowest BCUT2D eigenvalue weighted by atomic mass is 10.1. The summed E-state index contributed by atoms with van der Waals surface area (Å²) in [5.41, 5.74) is -1.48. The summed E-state index contributed by atoms with van der Waals surface area (Å²) in [5, 5.41) is 8.57. The highest BCUT2D eigenvalue weighted by atomic mass is 19.4. The van der Waals surface area contributed by atoms with E-state index in [2.05, 4.69) is 0 Å². The van der Waals surface area contributed by atoms with Crippen molar-refractivity contribution in [3.8, 4) is 0 Å². The summed E-state index contributed by atoms with van der Waals surface area (Å²) in [6, 6.07) is -0.131. The van der Waals surface area contributed by atoms with E-state index >= 15 is 0 Å². The van der Waals surface area contributed by atoms with Crippen LogP contribution < -0.4 is 0 Å². The molecule has 8 heteroatoms. The summed E-state index contributed by atoms with van der Waals surface area (Å²) >= 11 is 0. The van der Waals surface area contributed by atoms with Gasteiger partial charge in [0.05, 0.1) is 0 Å². The molecule has 1 rings (SSSR count). The predicted molar refractivity (Wildman–Crippen MR) is 42.0 cm³/mol. The Morgan fingerprint density at radius 2 is 1.41 bits per heavy atom. The second-order valence-electron chi connectivity index (χ2n) is 3.21. The van der Waals surface area contributed by atoms with Gasteiger partial charge in [-0.2, -0.15) is 13.2 Å². The molecule has 0 saturated heterocycles. The maximum Gasteiger partial charge on any atom is 0.414 e. The molecule has 0 aliphatic rings. The van der Waals surface area contributed by atoms with Crippen molar-refractivity contribution in [2.45, 2.75) is 18.7 Å². The van der Waals surface area contributed by atoms with Gasteiger partial charge in [-0.1, -0.05) is 0 Å². The molecule has 96 valence electrons. The molecule has 1 unspecified atom stereocenters.